The molecule has 0 spiro atoms. The lowest BCUT2D eigenvalue weighted by molar-refractivity contribution is -0.134. The van der Waals surface area contributed by atoms with Gasteiger partial charge in [0.05, 0.1) is 30.3 Å². The van der Waals surface area contributed by atoms with Gasteiger partial charge in [-0.25, -0.2) is 4.68 Å². The van der Waals surface area contributed by atoms with E-state index in [1.807, 2.05) is 12.1 Å². The molecule has 1 saturated heterocycles. The predicted octanol–water partition coefficient (Wildman–Crippen LogP) is 0.724. The minimum atomic E-state index is -0.714. The molecule has 1 aromatic carbocycles. The Morgan fingerprint density at radius 2 is 2.04 bits per heavy atom. The third-order valence-electron chi connectivity index (χ3n) is 4.12. The lowest BCUT2D eigenvalue weighted by Gasteiger charge is -2.21. The van der Waals surface area contributed by atoms with Gasteiger partial charge in [-0.1, -0.05) is 0 Å². The van der Waals surface area contributed by atoms with E-state index in [1.54, 1.807) is 30.8 Å². The van der Waals surface area contributed by atoms with Gasteiger partial charge >= 0.3 is 0 Å². The topological polar surface area (TPSA) is 102 Å². The Hall–Kier alpha value is -3.16. The highest BCUT2D eigenvalue weighted by atomic mass is 16.5. The van der Waals surface area contributed by atoms with E-state index in [-0.39, 0.29) is 12.3 Å². The third kappa shape index (κ3) is 3.37. The van der Waals surface area contributed by atoms with Crippen molar-refractivity contribution in [1.29, 1.82) is 0 Å². The van der Waals surface area contributed by atoms with Gasteiger partial charge < -0.3 is 10.1 Å². The Morgan fingerprint density at radius 1 is 1.32 bits per heavy atom. The van der Waals surface area contributed by atoms with E-state index in [2.05, 4.69) is 15.7 Å². The summed E-state index contributed by atoms with van der Waals surface area (Å²) in [5, 5.41) is 9.12. The zero-order valence-corrected chi connectivity index (χ0v) is 13.9. The molecule has 2 N–H and O–H groups in total. The first-order chi connectivity index (χ1) is 12.0. The fourth-order valence-electron chi connectivity index (χ4n) is 2.68. The average Bonchev–Trinajstić information content (AvgIpc) is 2.99. The molecule has 1 aliphatic heterocycles. The Labute approximate surface area is 144 Å². The van der Waals surface area contributed by atoms with E-state index in [1.165, 1.54) is 6.20 Å². The second kappa shape index (κ2) is 6.76. The average molecular weight is 342 g/mol. The number of methoxy groups -OCH3 is 1. The molecule has 3 rings (SSSR count). The maximum atomic E-state index is 12.5. The number of amides is 3. The van der Waals surface area contributed by atoms with Crippen LogP contribution in [0.2, 0.25) is 0 Å². The molecule has 3 amide bonds. The van der Waals surface area contributed by atoms with E-state index < -0.39 is 17.9 Å². The van der Waals surface area contributed by atoms with Crippen LogP contribution in [0, 0.1) is 6.92 Å². The molecule has 2 heterocycles. The summed E-state index contributed by atoms with van der Waals surface area (Å²) < 4.78 is 6.76. The molecule has 1 unspecified atom stereocenters. The van der Waals surface area contributed by atoms with Crippen molar-refractivity contribution in [1.82, 2.24) is 20.4 Å². The standard InChI is InChI=1S/C17H18N4O4/c1-10-13(16(23)19-14-7-8-15(22)20-17(14)24)9-18-21(10)11-3-5-12(25-2)6-4-11/h3-6,9,14H,7-8H2,1-2H3,(H,19,23)(H,20,22,24). The lowest BCUT2D eigenvalue weighted by Crippen LogP contribution is -2.52. The number of piperidine rings is 1. The van der Waals surface area contributed by atoms with Crippen LogP contribution in [0.1, 0.15) is 28.9 Å². The zero-order chi connectivity index (χ0) is 18.0. The number of benzene rings is 1. The maximum Gasteiger partial charge on any atom is 0.255 e. The second-order valence-electron chi connectivity index (χ2n) is 5.73. The molecule has 0 aliphatic carbocycles. The Kier molecular flexibility index (Phi) is 4.51. The van der Waals surface area contributed by atoms with Crippen LogP contribution in [0.5, 0.6) is 5.75 Å². The number of imide groups is 1. The number of nitrogens with one attached hydrogen (secondary N) is 2. The first kappa shape index (κ1) is 16.7. The zero-order valence-electron chi connectivity index (χ0n) is 13.9. The summed E-state index contributed by atoms with van der Waals surface area (Å²) in [5.41, 5.74) is 1.81. The smallest absolute Gasteiger partial charge is 0.255 e. The summed E-state index contributed by atoms with van der Waals surface area (Å²) in [7, 11) is 1.59. The van der Waals surface area contributed by atoms with E-state index in [9.17, 15) is 14.4 Å². The summed E-state index contributed by atoms with van der Waals surface area (Å²) in [5.74, 6) is -0.472. The Morgan fingerprint density at radius 3 is 2.68 bits per heavy atom. The predicted molar refractivity (Wildman–Crippen MR) is 88.5 cm³/mol. The van der Waals surface area contributed by atoms with Gasteiger partial charge in [0.2, 0.25) is 11.8 Å². The number of carbonyl (C=O) groups excluding carboxylic acids is 3. The molecule has 0 bridgehead atoms. The summed E-state index contributed by atoms with van der Waals surface area (Å²) in [6, 6.07) is 6.56. The number of rotatable bonds is 4. The number of hydrogen-bond acceptors (Lipinski definition) is 5. The molecule has 8 heteroatoms. The van der Waals surface area contributed by atoms with Crippen LogP contribution in [-0.4, -0.2) is 40.7 Å². The van der Waals surface area contributed by atoms with Crippen LogP contribution in [0.3, 0.4) is 0 Å². The normalized spacial score (nSPS) is 17.1. The molecule has 1 aliphatic rings. The van der Waals surface area contributed by atoms with Crippen molar-refractivity contribution < 1.29 is 19.1 Å². The molecule has 8 nitrogen and oxygen atoms in total. The highest BCUT2D eigenvalue weighted by Crippen LogP contribution is 2.18. The monoisotopic (exact) mass is 342 g/mol. The molecule has 2 aromatic rings. The molecule has 1 fully saturated rings. The van der Waals surface area contributed by atoms with Crippen molar-refractivity contribution in [2.45, 2.75) is 25.8 Å². The van der Waals surface area contributed by atoms with Crippen LogP contribution in [-0.2, 0) is 9.59 Å². The maximum absolute atomic E-state index is 12.5. The largest absolute Gasteiger partial charge is 0.497 e. The van der Waals surface area contributed by atoms with Gasteiger partial charge in [-0.3, -0.25) is 19.7 Å². The lowest BCUT2D eigenvalue weighted by atomic mass is 10.1. The second-order valence-corrected chi connectivity index (χ2v) is 5.73. The molecular weight excluding hydrogens is 324 g/mol. The molecule has 25 heavy (non-hydrogen) atoms. The highest BCUT2D eigenvalue weighted by Gasteiger charge is 2.29. The summed E-state index contributed by atoms with van der Waals surface area (Å²) in [6.07, 6.45) is 1.96. The van der Waals surface area contributed by atoms with Crippen molar-refractivity contribution in [2.24, 2.45) is 0 Å². The fourth-order valence-corrected chi connectivity index (χ4v) is 2.68. The van der Waals surface area contributed by atoms with Crippen LogP contribution >= 0.6 is 0 Å². The van der Waals surface area contributed by atoms with Crippen LogP contribution in [0.4, 0.5) is 0 Å². The van der Waals surface area contributed by atoms with Gasteiger partial charge in [-0.05, 0) is 37.6 Å². The molecular formula is C17H18N4O4. The van der Waals surface area contributed by atoms with Crippen LogP contribution in [0.25, 0.3) is 5.69 Å². The third-order valence-corrected chi connectivity index (χ3v) is 4.12. The van der Waals surface area contributed by atoms with Crippen LogP contribution < -0.4 is 15.4 Å². The van der Waals surface area contributed by atoms with E-state index in [4.69, 9.17) is 4.74 Å². The van der Waals surface area contributed by atoms with Gasteiger partial charge in [0.1, 0.15) is 11.8 Å². The van der Waals surface area contributed by atoms with Crippen molar-refractivity contribution in [2.75, 3.05) is 7.11 Å². The van der Waals surface area contributed by atoms with Gasteiger partial charge in [0.15, 0.2) is 0 Å². The van der Waals surface area contributed by atoms with Gasteiger partial charge in [-0.15, -0.1) is 0 Å². The van der Waals surface area contributed by atoms with Gasteiger partial charge in [0, 0.05) is 6.42 Å². The van der Waals surface area contributed by atoms with E-state index >= 15 is 0 Å². The summed E-state index contributed by atoms with van der Waals surface area (Å²) in [6.45, 7) is 1.77. The van der Waals surface area contributed by atoms with Crippen molar-refractivity contribution in [3.63, 3.8) is 0 Å². The number of aromatic nitrogens is 2. The summed E-state index contributed by atoms with van der Waals surface area (Å²) in [4.78, 5) is 35.4. The molecule has 0 saturated carbocycles. The molecule has 1 aromatic heterocycles. The Balaban J connectivity index is 1.77. The number of hydrogen-bond donors (Lipinski definition) is 2. The highest BCUT2D eigenvalue weighted by molar-refractivity contribution is 6.04. The minimum absolute atomic E-state index is 0.209. The van der Waals surface area contributed by atoms with Crippen LogP contribution in [0.15, 0.2) is 30.5 Å². The quantitative estimate of drug-likeness (QED) is 0.797. The number of ether oxygens (including phenoxy) is 1. The van der Waals surface area contributed by atoms with Crippen molar-refractivity contribution >= 4 is 17.7 Å². The minimum Gasteiger partial charge on any atom is -0.497 e. The Bertz CT molecular complexity index is 826. The fraction of sp³-hybridized carbons (Fsp3) is 0.294. The first-order valence-corrected chi connectivity index (χ1v) is 7.83. The van der Waals surface area contributed by atoms with Gasteiger partial charge in [0.25, 0.3) is 5.91 Å². The first-order valence-electron chi connectivity index (χ1n) is 7.83. The summed E-state index contributed by atoms with van der Waals surface area (Å²) >= 11 is 0. The molecule has 1 atom stereocenters. The number of carbonyl (C=O) groups is 3. The van der Waals surface area contributed by atoms with Crippen molar-refractivity contribution in [3.05, 3.63) is 41.7 Å². The number of nitrogens with zero attached hydrogens (tertiary/aromatic N) is 2. The van der Waals surface area contributed by atoms with E-state index in [0.717, 1.165) is 11.4 Å². The molecule has 0 radical (unpaired) electrons. The van der Waals surface area contributed by atoms with E-state index in [0.29, 0.717) is 17.7 Å². The van der Waals surface area contributed by atoms with Crippen molar-refractivity contribution in [3.8, 4) is 11.4 Å². The molecule has 130 valence electrons. The SMILES string of the molecule is COc1ccc(-n2ncc(C(=O)NC3CCC(=O)NC3=O)c2C)cc1. The van der Waals surface area contributed by atoms with Gasteiger partial charge in [-0.2, -0.15) is 5.10 Å².